The molecule has 4 aromatic rings. The van der Waals surface area contributed by atoms with Crippen molar-refractivity contribution in [1.82, 2.24) is 10.3 Å². The normalized spacial score (nSPS) is 10.7. The van der Waals surface area contributed by atoms with E-state index < -0.39 is 0 Å². The predicted molar refractivity (Wildman–Crippen MR) is 120 cm³/mol. The summed E-state index contributed by atoms with van der Waals surface area (Å²) in [4.78, 5) is 30.2. The summed E-state index contributed by atoms with van der Waals surface area (Å²) in [5.74, 6) is -0.346. The van der Waals surface area contributed by atoms with Crippen molar-refractivity contribution in [1.29, 1.82) is 0 Å². The first-order valence-electron chi connectivity index (χ1n) is 9.90. The third kappa shape index (κ3) is 4.10. The Labute approximate surface area is 175 Å². The third-order valence-electron chi connectivity index (χ3n) is 5.17. The molecule has 0 spiro atoms. The molecule has 3 aromatic carbocycles. The number of fused-ring (bicyclic) bond motifs is 1. The second-order valence-corrected chi connectivity index (χ2v) is 7.15. The van der Waals surface area contributed by atoms with Crippen molar-refractivity contribution in [2.45, 2.75) is 6.42 Å². The smallest absolute Gasteiger partial charge is 0.258 e. The van der Waals surface area contributed by atoms with Gasteiger partial charge in [-0.1, -0.05) is 42.5 Å². The van der Waals surface area contributed by atoms with Crippen LogP contribution in [0.5, 0.6) is 0 Å². The number of hydrogen-bond donors (Lipinski definition) is 2. The highest BCUT2D eigenvalue weighted by Crippen LogP contribution is 2.18. The van der Waals surface area contributed by atoms with Crippen molar-refractivity contribution < 1.29 is 9.59 Å². The van der Waals surface area contributed by atoms with E-state index in [2.05, 4.69) is 16.4 Å². The number of amides is 2. The van der Waals surface area contributed by atoms with E-state index in [1.807, 2.05) is 54.7 Å². The van der Waals surface area contributed by atoms with Crippen LogP contribution in [0.25, 0.3) is 10.9 Å². The molecule has 0 saturated carbocycles. The molecule has 0 atom stereocenters. The lowest BCUT2D eigenvalue weighted by atomic mass is 10.1. The molecule has 2 N–H and O–H groups in total. The van der Waals surface area contributed by atoms with E-state index in [9.17, 15) is 9.59 Å². The van der Waals surface area contributed by atoms with Crippen LogP contribution in [-0.4, -0.2) is 30.4 Å². The fourth-order valence-corrected chi connectivity index (χ4v) is 3.51. The standard InChI is InChI=1S/C25H23N3O2/c1-28(21-10-3-2-4-11-21)25(30)19-9-7-8-18(16-19)24(29)26-15-14-20-17-27-23-13-6-5-12-22(20)23/h2-13,16-17,27H,14-15H2,1H3,(H,26,29). The lowest BCUT2D eigenvalue weighted by molar-refractivity contribution is 0.0954. The molecule has 0 saturated heterocycles. The van der Waals surface area contributed by atoms with E-state index >= 15 is 0 Å². The predicted octanol–water partition coefficient (Wildman–Crippen LogP) is 4.42. The molecular formula is C25H23N3O2. The minimum atomic E-state index is -0.188. The van der Waals surface area contributed by atoms with Crippen LogP contribution in [0.2, 0.25) is 0 Å². The summed E-state index contributed by atoms with van der Waals surface area (Å²) in [6.07, 6.45) is 2.71. The summed E-state index contributed by atoms with van der Waals surface area (Å²) in [6.45, 7) is 0.517. The zero-order valence-electron chi connectivity index (χ0n) is 16.8. The van der Waals surface area contributed by atoms with Gasteiger partial charge in [-0.2, -0.15) is 0 Å². The van der Waals surface area contributed by atoms with Crippen LogP contribution in [0.3, 0.4) is 0 Å². The van der Waals surface area contributed by atoms with Gasteiger partial charge in [0.05, 0.1) is 0 Å². The Morgan fingerprint density at radius 3 is 2.47 bits per heavy atom. The number of nitrogens with one attached hydrogen (secondary N) is 2. The van der Waals surface area contributed by atoms with Crippen molar-refractivity contribution >= 4 is 28.4 Å². The SMILES string of the molecule is CN(C(=O)c1cccc(C(=O)NCCc2c[nH]c3ccccc23)c1)c1ccccc1. The van der Waals surface area contributed by atoms with Gasteiger partial charge in [-0.3, -0.25) is 9.59 Å². The summed E-state index contributed by atoms with van der Waals surface area (Å²) in [6, 6.07) is 24.4. The number of benzene rings is 3. The van der Waals surface area contributed by atoms with E-state index in [0.29, 0.717) is 17.7 Å². The number of anilines is 1. The first-order chi connectivity index (χ1) is 14.6. The molecule has 2 amide bonds. The number of carbonyl (C=O) groups is 2. The Morgan fingerprint density at radius 2 is 1.63 bits per heavy atom. The van der Waals surface area contributed by atoms with Crippen molar-refractivity contribution in [3.8, 4) is 0 Å². The zero-order valence-corrected chi connectivity index (χ0v) is 16.8. The van der Waals surface area contributed by atoms with Crippen molar-refractivity contribution in [3.63, 3.8) is 0 Å². The van der Waals surface area contributed by atoms with E-state index in [0.717, 1.165) is 17.6 Å². The first kappa shape index (κ1) is 19.5. The molecule has 5 nitrogen and oxygen atoms in total. The van der Waals surface area contributed by atoms with E-state index in [1.54, 1.807) is 36.2 Å². The van der Waals surface area contributed by atoms with Gasteiger partial charge in [0.25, 0.3) is 11.8 Å². The molecule has 0 aliphatic heterocycles. The largest absolute Gasteiger partial charge is 0.361 e. The third-order valence-corrected chi connectivity index (χ3v) is 5.17. The summed E-state index contributed by atoms with van der Waals surface area (Å²) >= 11 is 0. The van der Waals surface area contributed by atoms with Gasteiger partial charge < -0.3 is 15.2 Å². The highest BCUT2D eigenvalue weighted by molar-refractivity contribution is 6.07. The maximum atomic E-state index is 12.8. The number of H-pyrrole nitrogens is 1. The number of carbonyl (C=O) groups excluding carboxylic acids is 2. The molecule has 150 valence electrons. The van der Waals surface area contributed by atoms with Crippen LogP contribution in [-0.2, 0) is 6.42 Å². The van der Waals surface area contributed by atoms with Crippen molar-refractivity contribution in [3.05, 3.63) is 102 Å². The highest BCUT2D eigenvalue weighted by atomic mass is 16.2. The average Bonchev–Trinajstić information content (AvgIpc) is 3.22. The van der Waals surface area contributed by atoms with E-state index in [4.69, 9.17) is 0 Å². The van der Waals surface area contributed by atoms with E-state index in [-0.39, 0.29) is 11.8 Å². The Morgan fingerprint density at radius 1 is 0.900 bits per heavy atom. The molecule has 1 heterocycles. The number of nitrogens with zero attached hydrogens (tertiary/aromatic N) is 1. The topological polar surface area (TPSA) is 65.2 Å². The Balaban J connectivity index is 1.40. The zero-order chi connectivity index (χ0) is 20.9. The molecule has 1 aromatic heterocycles. The maximum Gasteiger partial charge on any atom is 0.258 e. The fourth-order valence-electron chi connectivity index (χ4n) is 3.51. The first-order valence-corrected chi connectivity index (χ1v) is 9.90. The molecule has 0 bridgehead atoms. The summed E-state index contributed by atoms with van der Waals surface area (Å²) < 4.78 is 0. The summed E-state index contributed by atoms with van der Waals surface area (Å²) in [5.41, 5.74) is 4.01. The molecular weight excluding hydrogens is 374 g/mol. The van der Waals surface area contributed by atoms with Crippen molar-refractivity contribution in [2.24, 2.45) is 0 Å². The molecule has 4 rings (SSSR count). The number of hydrogen-bond acceptors (Lipinski definition) is 2. The number of aromatic amines is 1. The van der Waals surface area contributed by atoms with Crippen LogP contribution in [0.4, 0.5) is 5.69 Å². The molecule has 0 fully saturated rings. The minimum Gasteiger partial charge on any atom is -0.361 e. The average molecular weight is 397 g/mol. The number of rotatable bonds is 6. The molecule has 0 radical (unpaired) electrons. The van der Waals surface area contributed by atoms with Crippen molar-refractivity contribution in [2.75, 3.05) is 18.5 Å². The molecule has 0 aliphatic rings. The molecule has 30 heavy (non-hydrogen) atoms. The Hall–Kier alpha value is -3.86. The van der Waals surface area contributed by atoms with E-state index in [1.165, 1.54) is 10.9 Å². The van der Waals surface area contributed by atoms with Gasteiger partial charge in [-0.25, -0.2) is 0 Å². The fraction of sp³-hybridized carbons (Fsp3) is 0.120. The van der Waals surface area contributed by atoms with Crippen LogP contribution in [0.15, 0.2) is 85.1 Å². The summed E-state index contributed by atoms with van der Waals surface area (Å²) in [7, 11) is 1.73. The van der Waals surface area contributed by atoms with Gasteiger partial charge in [0.2, 0.25) is 0 Å². The second-order valence-electron chi connectivity index (χ2n) is 7.15. The van der Waals surface area contributed by atoms with Crippen LogP contribution in [0.1, 0.15) is 26.3 Å². The second kappa shape index (κ2) is 8.66. The number of aromatic nitrogens is 1. The highest BCUT2D eigenvalue weighted by Gasteiger charge is 2.15. The quantitative estimate of drug-likeness (QED) is 0.506. The van der Waals surface area contributed by atoms with Gasteiger partial charge >= 0.3 is 0 Å². The Kier molecular flexibility index (Phi) is 5.61. The van der Waals surface area contributed by atoms with Crippen LogP contribution < -0.4 is 10.2 Å². The maximum absolute atomic E-state index is 12.8. The van der Waals surface area contributed by atoms with Gasteiger partial charge in [-0.15, -0.1) is 0 Å². The van der Waals surface area contributed by atoms with Gasteiger partial charge in [0, 0.05) is 47.5 Å². The Bertz CT molecular complexity index is 1180. The number of para-hydroxylation sites is 2. The lowest BCUT2D eigenvalue weighted by Gasteiger charge is -2.17. The van der Waals surface area contributed by atoms with Gasteiger partial charge in [0.15, 0.2) is 0 Å². The van der Waals surface area contributed by atoms with Crippen LogP contribution in [0, 0.1) is 0 Å². The molecule has 5 heteroatoms. The van der Waals surface area contributed by atoms with Crippen LogP contribution >= 0.6 is 0 Å². The molecule has 0 aliphatic carbocycles. The molecule has 0 unspecified atom stereocenters. The minimum absolute atomic E-state index is 0.158. The monoisotopic (exact) mass is 397 g/mol. The van der Waals surface area contributed by atoms with Gasteiger partial charge in [-0.05, 0) is 48.4 Å². The summed E-state index contributed by atoms with van der Waals surface area (Å²) in [5, 5.41) is 4.12. The lowest BCUT2D eigenvalue weighted by Crippen LogP contribution is -2.28. The van der Waals surface area contributed by atoms with Gasteiger partial charge in [0.1, 0.15) is 0 Å².